The van der Waals surface area contributed by atoms with Crippen molar-refractivity contribution in [2.75, 3.05) is 26.7 Å². The average molecular weight is 530 g/mol. The Morgan fingerprint density at radius 3 is 2.24 bits per heavy atom. The molecule has 3 amide bonds. The zero-order chi connectivity index (χ0) is 28.3. The van der Waals surface area contributed by atoms with Gasteiger partial charge in [-0.2, -0.15) is 0 Å². The predicted octanol–water partition coefficient (Wildman–Crippen LogP) is 3.72. The predicted molar refractivity (Wildman–Crippen MR) is 142 cm³/mol. The molecule has 0 saturated carbocycles. The summed E-state index contributed by atoms with van der Waals surface area (Å²) in [5, 5.41) is 5.47. The van der Waals surface area contributed by atoms with E-state index in [4.69, 9.17) is 14.2 Å². The van der Waals surface area contributed by atoms with E-state index in [1.165, 1.54) is 18.1 Å². The molecule has 0 saturated heterocycles. The molecule has 11 heteroatoms. The third-order valence-electron chi connectivity index (χ3n) is 4.77. The lowest BCUT2D eigenvalue weighted by molar-refractivity contribution is 0.0222. The van der Waals surface area contributed by atoms with Gasteiger partial charge in [-0.25, -0.2) is 14.6 Å². The number of aromatic nitrogens is 2. The molecule has 0 atom stereocenters. The summed E-state index contributed by atoms with van der Waals surface area (Å²) in [5.41, 5.74) is 0.0569. The van der Waals surface area contributed by atoms with Crippen molar-refractivity contribution in [1.29, 1.82) is 0 Å². The van der Waals surface area contributed by atoms with Crippen LogP contribution < -0.4 is 15.4 Å². The van der Waals surface area contributed by atoms with E-state index in [-0.39, 0.29) is 31.2 Å². The van der Waals surface area contributed by atoms with Gasteiger partial charge in [0.15, 0.2) is 0 Å². The molecule has 2 aromatic rings. The lowest BCUT2D eigenvalue weighted by atomic mass is 10.2. The first-order chi connectivity index (χ1) is 17.8. The molecule has 0 aliphatic carbocycles. The van der Waals surface area contributed by atoms with Crippen LogP contribution in [0.1, 0.15) is 63.4 Å². The summed E-state index contributed by atoms with van der Waals surface area (Å²) in [6, 6.07) is 8.78. The molecule has 0 fully saturated rings. The van der Waals surface area contributed by atoms with Gasteiger partial charge in [0, 0.05) is 50.1 Å². The van der Waals surface area contributed by atoms with Gasteiger partial charge in [0.25, 0.3) is 5.91 Å². The van der Waals surface area contributed by atoms with Crippen LogP contribution in [-0.2, 0) is 22.4 Å². The Labute approximate surface area is 224 Å². The first-order valence-electron chi connectivity index (χ1n) is 12.4. The monoisotopic (exact) mass is 529 g/mol. The zero-order valence-corrected chi connectivity index (χ0v) is 23.3. The van der Waals surface area contributed by atoms with E-state index >= 15 is 0 Å². The molecule has 0 aliphatic heterocycles. The van der Waals surface area contributed by atoms with E-state index in [2.05, 4.69) is 20.6 Å². The van der Waals surface area contributed by atoms with E-state index in [0.29, 0.717) is 24.4 Å². The molecule has 2 aromatic heterocycles. The third-order valence-corrected chi connectivity index (χ3v) is 4.77. The largest absolute Gasteiger partial charge is 0.497 e. The topological polar surface area (TPSA) is 132 Å². The lowest BCUT2D eigenvalue weighted by Crippen LogP contribution is -2.42. The van der Waals surface area contributed by atoms with Crippen molar-refractivity contribution in [2.45, 2.75) is 65.7 Å². The quantitative estimate of drug-likeness (QED) is 0.476. The summed E-state index contributed by atoms with van der Waals surface area (Å²) in [5.74, 6) is 0.0392. The molecule has 0 unspecified atom stereocenters. The maximum atomic E-state index is 12.9. The smallest absolute Gasteiger partial charge is 0.410 e. The van der Waals surface area contributed by atoms with Crippen molar-refractivity contribution in [2.24, 2.45) is 0 Å². The van der Waals surface area contributed by atoms with Crippen LogP contribution in [0.2, 0.25) is 0 Å². The van der Waals surface area contributed by atoms with Gasteiger partial charge in [-0.3, -0.25) is 9.78 Å². The number of carbonyl (C=O) groups excluding carboxylic acids is 3. The molecule has 0 radical (unpaired) electrons. The van der Waals surface area contributed by atoms with Crippen LogP contribution in [0.25, 0.3) is 0 Å². The fraction of sp³-hybridized carbons (Fsp3) is 0.519. The van der Waals surface area contributed by atoms with Crippen LogP contribution in [0.15, 0.2) is 36.5 Å². The fourth-order valence-electron chi connectivity index (χ4n) is 3.18. The first kappa shape index (κ1) is 30.3. The molecule has 2 heterocycles. The van der Waals surface area contributed by atoms with Crippen LogP contribution in [-0.4, -0.2) is 70.9 Å². The van der Waals surface area contributed by atoms with Crippen LogP contribution in [0.5, 0.6) is 5.75 Å². The maximum absolute atomic E-state index is 12.9. The first-order valence-corrected chi connectivity index (χ1v) is 12.4. The number of ether oxygens (including phenoxy) is 3. The molecule has 2 N–H and O–H groups in total. The molecule has 0 aromatic carbocycles. The Hall–Kier alpha value is -3.89. The van der Waals surface area contributed by atoms with E-state index in [1.807, 2.05) is 18.2 Å². The minimum atomic E-state index is -0.728. The maximum Gasteiger partial charge on any atom is 0.410 e. The number of amides is 3. The number of methoxy groups -OCH3 is 1. The van der Waals surface area contributed by atoms with Crippen molar-refractivity contribution < 1.29 is 28.6 Å². The molecular formula is C27H39N5O6. The summed E-state index contributed by atoms with van der Waals surface area (Å²) in [7, 11) is 1.48. The molecular weight excluding hydrogens is 490 g/mol. The van der Waals surface area contributed by atoms with E-state index in [0.717, 1.165) is 5.69 Å². The second kappa shape index (κ2) is 13.6. The molecule has 0 bridgehead atoms. The van der Waals surface area contributed by atoms with Crippen molar-refractivity contribution in [3.8, 4) is 5.75 Å². The Morgan fingerprint density at radius 2 is 1.63 bits per heavy atom. The number of hydrogen-bond acceptors (Lipinski definition) is 8. The van der Waals surface area contributed by atoms with E-state index in [9.17, 15) is 14.4 Å². The third kappa shape index (κ3) is 11.4. The normalized spacial score (nSPS) is 11.3. The molecule has 208 valence electrons. The molecule has 38 heavy (non-hydrogen) atoms. The van der Waals surface area contributed by atoms with Crippen molar-refractivity contribution in [3.63, 3.8) is 0 Å². The van der Waals surface area contributed by atoms with E-state index < -0.39 is 23.4 Å². The minimum Gasteiger partial charge on any atom is -0.497 e. The Morgan fingerprint density at radius 1 is 0.921 bits per heavy atom. The van der Waals surface area contributed by atoms with Crippen molar-refractivity contribution in [3.05, 3.63) is 53.6 Å². The van der Waals surface area contributed by atoms with Gasteiger partial charge in [-0.1, -0.05) is 6.07 Å². The van der Waals surface area contributed by atoms with Crippen molar-refractivity contribution in [1.82, 2.24) is 25.5 Å². The highest BCUT2D eigenvalue weighted by Crippen LogP contribution is 2.17. The van der Waals surface area contributed by atoms with Gasteiger partial charge in [-0.05, 0) is 53.7 Å². The highest BCUT2D eigenvalue weighted by molar-refractivity contribution is 5.92. The fourth-order valence-corrected chi connectivity index (χ4v) is 3.18. The average Bonchev–Trinajstić information content (AvgIpc) is 2.81. The van der Waals surface area contributed by atoms with Crippen LogP contribution in [0, 0.1) is 0 Å². The number of pyridine rings is 2. The van der Waals surface area contributed by atoms with Crippen LogP contribution >= 0.6 is 0 Å². The summed E-state index contributed by atoms with van der Waals surface area (Å²) >= 11 is 0. The molecule has 11 nitrogen and oxygen atoms in total. The number of carbonyl (C=O) groups is 3. The Kier molecular flexibility index (Phi) is 10.9. The Bertz CT molecular complexity index is 1080. The zero-order valence-electron chi connectivity index (χ0n) is 23.3. The summed E-state index contributed by atoms with van der Waals surface area (Å²) < 4.78 is 16.2. The summed E-state index contributed by atoms with van der Waals surface area (Å²) in [6.07, 6.45) is 1.09. The van der Waals surface area contributed by atoms with Gasteiger partial charge in [0.05, 0.1) is 19.3 Å². The highest BCUT2D eigenvalue weighted by atomic mass is 16.6. The standard InChI is InChI=1S/C27H39N5O6/c1-26(2,3)37-24(34)30-14-15-32(25(35)38-27(4,5)6)18-20-16-21(36-7)17-22(31-20)23(33)29-13-11-19-10-8-9-12-28-19/h8-10,12,16-17H,11,13-15,18H2,1-7H3,(H,29,33)(H,30,34). The van der Waals surface area contributed by atoms with Crippen molar-refractivity contribution >= 4 is 18.1 Å². The summed E-state index contributed by atoms with van der Waals surface area (Å²) in [6.45, 7) is 11.2. The number of nitrogens with zero attached hydrogens (tertiary/aromatic N) is 3. The van der Waals surface area contributed by atoms with Gasteiger partial charge < -0.3 is 29.7 Å². The SMILES string of the molecule is COc1cc(CN(CCNC(=O)OC(C)(C)C)C(=O)OC(C)(C)C)nc(C(=O)NCCc2ccccn2)c1. The molecule has 2 rings (SSSR count). The van der Waals surface area contributed by atoms with Gasteiger partial charge >= 0.3 is 12.2 Å². The molecule has 0 spiro atoms. The second-order valence-corrected chi connectivity index (χ2v) is 10.5. The molecule has 0 aliphatic rings. The second-order valence-electron chi connectivity index (χ2n) is 10.5. The highest BCUT2D eigenvalue weighted by Gasteiger charge is 2.24. The van der Waals surface area contributed by atoms with Gasteiger partial charge in [-0.15, -0.1) is 0 Å². The number of nitrogens with one attached hydrogen (secondary N) is 2. The van der Waals surface area contributed by atoms with E-state index in [1.54, 1.807) is 53.8 Å². The van der Waals surface area contributed by atoms with Crippen LogP contribution in [0.3, 0.4) is 0 Å². The summed E-state index contributed by atoms with van der Waals surface area (Å²) in [4.78, 5) is 47.9. The van der Waals surface area contributed by atoms with Gasteiger partial charge in [0.2, 0.25) is 0 Å². The van der Waals surface area contributed by atoms with Gasteiger partial charge in [0.1, 0.15) is 22.6 Å². The Balaban J connectivity index is 2.12. The number of alkyl carbamates (subject to hydrolysis) is 1. The van der Waals surface area contributed by atoms with Crippen LogP contribution in [0.4, 0.5) is 9.59 Å². The number of rotatable bonds is 10. The minimum absolute atomic E-state index is 0.0241. The number of hydrogen-bond donors (Lipinski definition) is 2. The lowest BCUT2D eigenvalue weighted by Gasteiger charge is -2.27.